The van der Waals surface area contributed by atoms with Crippen molar-refractivity contribution in [1.29, 1.82) is 0 Å². The van der Waals surface area contributed by atoms with Crippen LogP contribution in [0.5, 0.6) is 0 Å². The van der Waals surface area contributed by atoms with Crippen LogP contribution < -0.4 is 5.56 Å². The molecular weight excluding hydrogens is 292 g/mol. The van der Waals surface area contributed by atoms with Gasteiger partial charge in [-0.3, -0.25) is 9.36 Å². The number of benzene rings is 1. The number of fused-ring (bicyclic) bond motifs is 5. The first-order valence-corrected chi connectivity index (χ1v) is 9.13. The van der Waals surface area contributed by atoms with Crippen LogP contribution in [-0.4, -0.2) is 15.3 Å². The van der Waals surface area contributed by atoms with E-state index in [1.54, 1.807) is 11.8 Å². The van der Waals surface area contributed by atoms with Crippen LogP contribution in [0.15, 0.2) is 34.2 Å². The molecule has 0 unspecified atom stereocenters. The van der Waals surface area contributed by atoms with Crippen molar-refractivity contribution in [3.8, 4) is 11.3 Å². The molecule has 3 aliphatic rings. The third kappa shape index (κ3) is 1.59. The van der Waals surface area contributed by atoms with E-state index in [2.05, 4.69) is 24.3 Å². The summed E-state index contributed by atoms with van der Waals surface area (Å²) in [6.07, 6.45) is 5.75. The normalized spacial score (nSPS) is 20.7. The summed E-state index contributed by atoms with van der Waals surface area (Å²) in [5.74, 6) is 0.972. The summed E-state index contributed by atoms with van der Waals surface area (Å²) in [7, 11) is 0. The highest BCUT2D eigenvalue weighted by Gasteiger charge is 2.44. The first-order valence-electron chi connectivity index (χ1n) is 8.15. The van der Waals surface area contributed by atoms with Crippen molar-refractivity contribution in [2.75, 3.05) is 5.75 Å². The van der Waals surface area contributed by atoms with Crippen LogP contribution in [0.2, 0.25) is 0 Å². The van der Waals surface area contributed by atoms with E-state index < -0.39 is 0 Å². The highest BCUT2D eigenvalue weighted by atomic mass is 32.2. The topological polar surface area (TPSA) is 34.9 Å². The maximum absolute atomic E-state index is 13.2. The maximum Gasteiger partial charge on any atom is 0.258 e. The van der Waals surface area contributed by atoms with Crippen molar-refractivity contribution in [1.82, 2.24) is 9.55 Å². The number of hydrogen-bond donors (Lipinski definition) is 0. The van der Waals surface area contributed by atoms with Crippen LogP contribution in [0.3, 0.4) is 0 Å². The Bertz CT molecular complexity index is 833. The average molecular weight is 310 g/mol. The monoisotopic (exact) mass is 310 g/mol. The van der Waals surface area contributed by atoms with E-state index in [9.17, 15) is 4.79 Å². The van der Waals surface area contributed by atoms with Crippen molar-refractivity contribution in [3.05, 3.63) is 45.7 Å². The molecule has 0 atom stereocenters. The molecule has 0 bridgehead atoms. The molecule has 3 nitrogen and oxygen atoms in total. The molecule has 4 heteroatoms. The molecule has 1 saturated carbocycles. The average Bonchev–Trinajstić information content (AvgIpc) is 3.17. The largest absolute Gasteiger partial charge is 0.287 e. The van der Waals surface area contributed by atoms with Gasteiger partial charge in [-0.05, 0) is 24.8 Å². The summed E-state index contributed by atoms with van der Waals surface area (Å²) in [5.41, 5.74) is 4.84. The van der Waals surface area contributed by atoms with E-state index in [4.69, 9.17) is 4.98 Å². The fourth-order valence-electron chi connectivity index (χ4n) is 4.58. The predicted octanol–water partition coefficient (Wildman–Crippen LogP) is 3.38. The van der Waals surface area contributed by atoms with Crippen LogP contribution in [0.4, 0.5) is 0 Å². The molecule has 2 heterocycles. The zero-order valence-electron chi connectivity index (χ0n) is 12.5. The molecule has 0 amide bonds. The Kier molecular flexibility index (Phi) is 2.63. The molecule has 0 N–H and O–H groups in total. The van der Waals surface area contributed by atoms with Gasteiger partial charge in [-0.15, -0.1) is 0 Å². The Labute approximate surface area is 133 Å². The first-order chi connectivity index (χ1) is 10.8. The van der Waals surface area contributed by atoms with Gasteiger partial charge in [-0.25, -0.2) is 4.98 Å². The summed E-state index contributed by atoms with van der Waals surface area (Å²) in [6.45, 7) is 0.816. The Morgan fingerprint density at radius 1 is 1.18 bits per heavy atom. The van der Waals surface area contributed by atoms with Gasteiger partial charge >= 0.3 is 0 Å². The molecule has 2 aliphatic carbocycles. The van der Waals surface area contributed by atoms with Crippen LogP contribution in [0, 0.1) is 0 Å². The van der Waals surface area contributed by atoms with Crippen molar-refractivity contribution in [2.45, 2.75) is 49.2 Å². The van der Waals surface area contributed by atoms with Crippen LogP contribution >= 0.6 is 11.8 Å². The SMILES string of the molecule is O=c1c2c(nc3n1CCS3)-c1ccccc1CC21CCCC1. The molecule has 0 saturated heterocycles. The molecule has 22 heavy (non-hydrogen) atoms. The first kappa shape index (κ1) is 12.9. The summed E-state index contributed by atoms with van der Waals surface area (Å²) in [5, 5.41) is 0.911. The Morgan fingerprint density at radius 2 is 2.00 bits per heavy atom. The van der Waals surface area contributed by atoms with Gasteiger partial charge in [0, 0.05) is 23.3 Å². The third-order valence-corrected chi connectivity index (χ3v) is 6.53. The molecule has 5 rings (SSSR count). The standard InChI is InChI=1S/C18H18N2OS/c21-16-14-15(19-17-20(16)9-10-22-17)13-6-2-1-5-12(13)11-18(14)7-3-4-8-18/h1-2,5-6H,3-4,7-11H2. The van der Waals surface area contributed by atoms with E-state index in [1.807, 2.05) is 4.57 Å². The second-order valence-corrected chi connectivity index (χ2v) is 7.81. The van der Waals surface area contributed by atoms with Crippen molar-refractivity contribution < 1.29 is 0 Å². The lowest BCUT2D eigenvalue weighted by molar-refractivity contribution is 0.418. The van der Waals surface area contributed by atoms with E-state index in [1.165, 1.54) is 24.0 Å². The van der Waals surface area contributed by atoms with Gasteiger partial charge < -0.3 is 0 Å². The molecule has 2 aromatic rings. The summed E-state index contributed by atoms with van der Waals surface area (Å²) in [4.78, 5) is 18.1. The molecule has 1 aromatic carbocycles. The van der Waals surface area contributed by atoms with Gasteiger partial charge in [-0.1, -0.05) is 48.9 Å². The van der Waals surface area contributed by atoms with Gasteiger partial charge in [-0.2, -0.15) is 0 Å². The number of aromatic nitrogens is 2. The minimum absolute atomic E-state index is 0.0447. The van der Waals surface area contributed by atoms with Crippen molar-refractivity contribution >= 4 is 11.8 Å². The Balaban J connectivity index is 1.88. The number of nitrogens with zero attached hydrogens (tertiary/aromatic N) is 2. The lowest BCUT2D eigenvalue weighted by Gasteiger charge is -2.36. The van der Waals surface area contributed by atoms with E-state index in [-0.39, 0.29) is 11.0 Å². The number of rotatable bonds is 0. The van der Waals surface area contributed by atoms with Crippen molar-refractivity contribution in [2.24, 2.45) is 0 Å². The zero-order valence-corrected chi connectivity index (χ0v) is 13.3. The highest BCUT2D eigenvalue weighted by molar-refractivity contribution is 7.99. The minimum atomic E-state index is 0.0447. The molecule has 1 aliphatic heterocycles. The molecule has 1 fully saturated rings. The summed E-state index contributed by atoms with van der Waals surface area (Å²) >= 11 is 1.71. The van der Waals surface area contributed by atoms with E-state index >= 15 is 0 Å². The second-order valence-electron chi connectivity index (χ2n) is 6.74. The lowest BCUT2D eigenvalue weighted by atomic mass is 9.68. The predicted molar refractivity (Wildman–Crippen MR) is 88.5 cm³/mol. The fourth-order valence-corrected chi connectivity index (χ4v) is 5.52. The van der Waals surface area contributed by atoms with Crippen LogP contribution in [0.25, 0.3) is 11.3 Å². The van der Waals surface area contributed by atoms with Gasteiger partial charge in [0.2, 0.25) is 0 Å². The van der Waals surface area contributed by atoms with Crippen LogP contribution in [-0.2, 0) is 18.4 Å². The summed E-state index contributed by atoms with van der Waals surface area (Å²) in [6, 6.07) is 8.54. The summed E-state index contributed by atoms with van der Waals surface area (Å²) < 4.78 is 1.91. The van der Waals surface area contributed by atoms with Gasteiger partial charge in [0.05, 0.1) is 11.3 Å². The van der Waals surface area contributed by atoms with Gasteiger partial charge in [0.25, 0.3) is 5.56 Å². The van der Waals surface area contributed by atoms with E-state index in [0.717, 1.165) is 48.0 Å². The molecule has 1 aromatic heterocycles. The molecular formula is C18H18N2OS. The molecule has 112 valence electrons. The van der Waals surface area contributed by atoms with E-state index in [0.29, 0.717) is 0 Å². The van der Waals surface area contributed by atoms with Gasteiger partial charge in [0.15, 0.2) is 5.16 Å². The van der Waals surface area contributed by atoms with Crippen LogP contribution in [0.1, 0.15) is 36.8 Å². The second kappa shape index (κ2) is 4.48. The van der Waals surface area contributed by atoms with Crippen molar-refractivity contribution in [3.63, 3.8) is 0 Å². The minimum Gasteiger partial charge on any atom is -0.287 e. The number of hydrogen-bond acceptors (Lipinski definition) is 3. The smallest absolute Gasteiger partial charge is 0.258 e. The quantitative estimate of drug-likeness (QED) is 0.700. The third-order valence-electron chi connectivity index (χ3n) is 5.57. The Hall–Kier alpha value is -1.55. The fraction of sp³-hybridized carbons (Fsp3) is 0.444. The molecule has 0 radical (unpaired) electrons. The number of thioether (sulfide) groups is 1. The zero-order chi connectivity index (χ0) is 14.7. The highest BCUT2D eigenvalue weighted by Crippen LogP contribution is 2.50. The molecule has 1 spiro atoms. The lowest BCUT2D eigenvalue weighted by Crippen LogP contribution is -2.39. The van der Waals surface area contributed by atoms with Gasteiger partial charge in [0.1, 0.15) is 0 Å². The Morgan fingerprint density at radius 3 is 2.86 bits per heavy atom. The maximum atomic E-state index is 13.2.